The molecule has 0 aliphatic rings. The third kappa shape index (κ3) is 0.863. The molecule has 0 saturated carbocycles. The van der Waals surface area contributed by atoms with E-state index in [9.17, 15) is 0 Å². The second-order valence-corrected chi connectivity index (χ2v) is 3.01. The van der Waals surface area contributed by atoms with Crippen molar-refractivity contribution in [3.8, 4) is 0 Å². The number of nitrogens with zero attached hydrogens (tertiary/aromatic N) is 3. The fraction of sp³-hybridized carbons (Fsp3) is 0.222. The maximum Gasteiger partial charge on any atom is 0.195 e. The van der Waals surface area contributed by atoms with Crippen LogP contribution in [-0.2, 0) is 6.42 Å². The lowest BCUT2D eigenvalue weighted by Crippen LogP contribution is -1.77. The number of benzene rings is 1. The zero-order valence-electron chi connectivity index (χ0n) is 7.52. The summed E-state index contributed by atoms with van der Waals surface area (Å²) in [5.74, 6) is 0.704. The summed E-state index contributed by atoms with van der Waals surface area (Å²) in [6.07, 6.45) is 0.765. The Kier molecular flexibility index (Phi) is 1.36. The van der Waals surface area contributed by atoms with E-state index in [1.165, 1.54) is 0 Å². The van der Waals surface area contributed by atoms with Crippen molar-refractivity contribution in [2.75, 3.05) is 0 Å². The van der Waals surface area contributed by atoms with E-state index in [4.69, 9.17) is 4.42 Å². The Balaban J connectivity index is 2.49. The van der Waals surface area contributed by atoms with Crippen molar-refractivity contribution in [1.82, 2.24) is 15.3 Å². The molecular weight excluding hydrogens is 182 g/mol. The largest absolute Gasteiger partial charge is 0.441 e. The number of oxazole rings is 1. The van der Waals surface area contributed by atoms with Crippen molar-refractivity contribution in [2.24, 2.45) is 0 Å². The second kappa shape index (κ2) is 2.54. The molecule has 2 heterocycles. The Morgan fingerprint density at radius 3 is 3.00 bits per heavy atom. The van der Waals surface area contributed by atoms with Crippen LogP contribution in [0, 0.1) is 0 Å². The standard InChI is InChI=1S/C9H7N3O2/c1-2-7-10-9-6(13-7)4-3-5-8(9)12-14-11-5/h3-4H,2H2,1H3. The van der Waals surface area contributed by atoms with Crippen LogP contribution < -0.4 is 0 Å². The van der Waals surface area contributed by atoms with Gasteiger partial charge in [0.05, 0.1) is 0 Å². The Morgan fingerprint density at radius 1 is 1.21 bits per heavy atom. The molecule has 0 amide bonds. The molecule has 0 fully saturated rings. The van der Waals surface area contributed by atoms with E-state index in [0.29, 0.717) is 16.9 Å². The van der Waals surface area contributed by atoms with Gasteiger partial charge in [-0.05, 0) is 22.4 Å². The highest BCUT2D eigenvalue weighted by Gasteiger charge is 2.11. The van der Waals surface area contributed by atoms with Gasteiger partial charge in [0.1, 0.15) is 11.0 Å². The van der Waals surface area contributed by atoms with Gasteiger partial charge >= 0.3 is 0 Å². The molecule has 0 unspecified atom stereocenters. The third-order valence-corrected chi connectivity index (χ3v) is 2.13. The minimum Gasteiger partial charge on any atom is -0.441 e. The van der Waals surface area contributed by atoms with Crippen LogP contribution in [0.5, 0.6) is 0 Å². The van der Waals surface area contributed by atoms with Crippen LogP contribution in [0.1, 0.15) is 12.8 Å². The Morgan fingerprint density at radius 2 is 2.14 bits per heavy atom. The molecule has 0 saturated heterocycles. The van der Waals surface area contributed by atoms with Crippen LogP contribution in [0.25, 0.3) is 22.1 Å². The highest BCUT2D eigenvalue weighted by molar-refractivity contribution is 5.98. The maximum absolute atomic E-state index is 5.47. The van der Waals surface area contributed by atoms with Gasteiger partial charge in [0, 0.05) is 6.42 Å². The van der Waals surface area contributed by atoms with Crippen LogP contribution in [0.4, 0.5) is 0 Å². The van der Waals surface area contributed by atoms with Crippen molar-refractivity contribution in [1.29, 1.82) is 0 Å². The van der Waals surface area contributed by atoms with E-state index < -0.39 is 0 Å². The zero-order chi connectivity index (χ0) is 9.54. The van der Waals surface area contributed by atoms with E-state index in [1.54, 1.807) is 6.07 Å². The monoisotopic (exact) mass is 189 g/mol. The summed E-state index contributed by atoms with van der Waals surface area (Å²) in [5, 5.41) is 7.52. The first-order valence-electron chi connectivity index (χ1n) is 4.39. The highest BCUT2D eigenvalue weighted by Crippen LogP contribution is 2.22. The van der Waals surface area contributed by atoms with Crippen molar-refractivity contribution < 1.29 is 9.05 Å². The zero-order valence-corrected chi connectivity index (χ0v) is 7.52. The summed E-state index contributed by atoms with van der Waals surface area (Å²) in [5.41, 5.74) is 2.81. The Labute approximate surface area is 78.7 Å². The summed E-state index contributed by atoms with van der Waals surface area (Å²) in [6, 6.07) is 3.63. The predicted molar refractivity (Wildman–Crippen MR) is 48.7 cm³/mol. The number of aromatic nitrogens is 3. The van der Waals surface area contributed by atoms with Crippen molar-refractivity contribution in [3.63, 3.8) is 0 Å². The topological polar surface area (TPSA) is 65.0 Å². The number of aryl methyl sites for hydroxylation is 1. The van der Waals surface area contributed by atoms with E-state index in [1.807, 2.05) is 13.0 Å². The number of fused-ring (bicyclic) bond motifs is 3. The van der Waals surface area contributed by atoms with Gasteiger partial charge in [-0.1, -0.05) is 6.92 Å². The van der Waals surface area contributed by atoms with Crippen LogP contribution in [-0.4, -0.2) is 15.3 Å². The van der Waals surface area contributed by atoms with E-state index in [2.05, 4.69) is 19.9 Å². The van der Waals surface area contributed by atoms with Gasteiger partial charge in [0.25, 0.3) is 0 Å². The first-order chi connectivity index (χ1) is 6.88. The minimum atomic E-state index is 0.658. The average Bonchev–Trinajstić information content (AvgIpc) is 2.82. The summed E-state index contributed by atoms with van der Waals surface area (Å²) >= 11 is 0. The molecule has 3 aromatic rings. The van der Waals surface area contributed by atoms with Crippen LogP contribution in [0.3, 0.4) is 0 Å². The van der Waals surface area contributed by atoms with Gasteiger partial charge in [-0.2, -0.15) is 0 Å². The molecule has 0 spiro atoms. The summed E-state index contributed by atoms with van der Waals surface area (Å²) in [4.78, 5) is 4.30. The van der Waals surface area contributed by atoms with Gasteiger partial charge < -0.3 is 4.42 Å². The van der Waals surface area contributed by atoms with Gasteiger partial charge in [0.2, 0.25) is 0 Å². The predicted octanol–water partition coefficient (Wildman–Crippen LogP) is 1.93. The van der Waals surface area contributed by atoms with Crippen LogP contribution in [0.15, 0.2) is 21.2 Å². The van der Waals surface area contributed by atoms with Gasteiger partial charge in [-0.3, -0.25) is 0 Å². The normalized spacial score (nSPS) is 11.5. The lowest BCUT2D eigenvalue weighted by molar-refractivity contribution is 0.315. The first kappa shape index (κ1) is 7.49. The number of hydrogen-bond donors (Lipinski definition) is 0. The number of hydrogen-bond acceptors (Lipinski definition) is 5. The first-order valence-corrected chi connectivity index (χ1v) is 4.39. The second-order valence-electron chi connectivity index (χ2n) is 3.01. The molecule has 2 aromatic heterocycles. The smallest absolute Gasteiger partial charge is 0.195 e. The SMILES string of the molecule is CCc1nc2c(ccc3nonc32)o1. The van der Waals surface area contributed by atoms with Crippen molar-refractivity contribution in [2.45, 2.75) is 13.3 Å². The molecule has 0 aliphatic heterocycles. The van der Waals surface area contributed by atoms with E-state index in [0.717, 1.165) is 17.5 Å². The third-order valence-electron chi connectivity index (χ3n) is 2.13. The molecule has 0 N–H and O–H groups in total. The molecule has 0 aliphatic carbocycles. The fourth-order valence-electron chi connectivity index (χ4n) is 1.44. The summed E-state index contributed by atoms with van der Waals surface area (Å²) < 4.78 is 10.1. The lowest BCUT2D eigenvalue weighted by atomic mass is 10.3. The average molecular weight is 189 g/mol. The quantitative estimate of drug-likeness (QED) is 0.585. The van der Waals surface area contributed by atoms with Gasteiger partial charge in [-0.25, -0.2) is 9.61 Å². The van der Waals surface area contributed by atoms with Crippen molar-refractivity contribution >= 4 is 22.1 Å². The van der Waals surface area contributed by atoms with E-state index >= 15 is 0 Å². The Hall–Kier alpha value is -1.91. The highest BCUT2D eigenvalue weighted by atomic mass is 16.6. The minimum absolute atomic E-state index is 0.658. The molecule has 1 aromatic carbocycles. The molecule has 0 bridgehead atoms. The lowest BCUT2D eigenvalue weighted by Gasteiger charge is -1.83. The van der Waals surface area contributed by atoms with Crippen LogP contribution >= 0.6 is 0 Å². The van der Waals surface area contributed by atoms with E-state index in [-0.39, 0.29) is 0 Å². The molecule has 3 rings (SSSR count). The number of rotatable bonds is 1. The fourth-order valence-corrected chi connectivity index (χ4v) is 1.44. The molecule has 14 heavy (non-hydrogen) atoms. The summed E-state index contributed by atoms with van der Waals surface area (Å²) in [7, 11) is 0. The summed E-state index contributed by atoms with van der Waals surface area (Å²) in [6.45, 7) is 1.99. The molecule has 70 valence electrons. The molecule has 5 heteroatoms. The molecule has 0 atom stereocenters. The maximum atomic E-state index is 5.47. The van der Waals surface area contributed by atoms with Gasteiger partial charge in [-0.15, -0.1) is 0 Å². The molecule has 5 nitrogen and oxygen atoms in total. The molecule has 0 radical (unpaired) electrons. The Bertz CT molecular complexity index is 596. The van der Waals surface area contributed by atoms with Gasteiger partial charge in [0.15, 0.2) is 17.0 Å². The van der Waals surface area contributed by atoms with Crippen molar-refractivity contribution in [3.05, 3.63) is 18.0 Å². The molecular formula is C9H7N3O2. The van der Waals surface area contributed by atoms with Crippen LogP contribution in [0.2, 0.25) is 0 Å².